The zero-order valence-electron chi connectivity index (χ0n) is 19.3. The third-order valence-corrected chi connectivity index (χ3v) is 6.53. The molecule has 1 aromatic heterocycles. The Bertz CT molecular complexity index is 1340. The number of nitrogens with one attached hydrogen (secondary N) is 1. The molecule has 2 aromatic carbocycles. The highest BCUT2D eigenvalue weighted by Crippen LogP contribution is 2.33. The lowest BCUT2D eigenvalue weighted by Crippen LogP contribution is -2.53. The Kier molecular flexibility index (Phi) is 5.87. The van der Waals surface area contributed by atoms with Crippen LogP contribution < -0.4 is 20.7 Å². The number of aromatic nitrogens is 2. The fourth-order valence-electron chi connectivity index (χ4n) is 4.73. The van der Waals surface area contributed by atoms with Gasteiger partial charge >= 0.3 is 5.69 Å². The average Bonchev–Trinajstić information content (AvgIpc) is 3.29. The van der Waals surface area contributed by atoms with Crippen LogP contribution in [0.1, 0.15) is 25.5 Å². The lowest BCUT2D eigenvalue weighted by Gasteiger charge is -2.37. The van der Waals surface area contributed by atoms with Gasteiger partial charge in [-0.05, 0) is 35.7 Å². The number of aromatic amines is 1. The SMILES string of the molecule is CC(C)C(C(=O)N1CCN(Cc2ccc3c(c2)OCO3)CC1)n1c(=O)[nH]c2ccccc2c1=O. The van der Waals surface area contributed by atoms with E-state index in [1.54, 1.807) is 29.2 Å². The molecule has 3 heterocycles. The number of rotatable bonds is 5. The third kappa shape index (κ3) is 4.07. The quantitative estimate of drug-likeness (QED) is 0.620. The van der Waals surface area contributed by atoms with Gasteiger partial charge in [0.25, 0.3) is 5.56 Å². The molecule has 2 aliphatic rings. The lowest BCUT2D eigenvalue weighted by molar-refractivity contribution is -0.138. The standard InChI is InChI=1S/C25H28N4O5/c1-16(2)22(29-23(30)18-5-3-4-6-19(18)26-25(29)32)24(31)28-11-9-27(10-12-28)14-17-7-8-20-21(13-17)34-15-33-20/h3-8,13,16,22H,9-12,14-15H2,1-2H3,(H,26,32). The lowest BCUT2D eigenvalue weighted by atomic mass is 10.0. The molecule has 1 amide bonds. The second-order valence-corrected chi connectivity index (χ2v) is 9.13. The van der Waals surface area contributed by atoms with Gasteiger partial charge in [0.05, 0.1) is 10.9 Å². The van der Waals surface area contributed by atoms with Crippen molar-refractivity contribution in [2.24, 2.45) is 5.92 Å². The van der Waals surface area contributed by atoms with Crippen molar-refractivity contribution in [1.29, 1.82) is 0 Å². The van der Waals surface area contributed by atoms with E-state index in [1.165, 1.54) is 0 Å². The molecule has 178 valence electrons. The second kappa shape index (κ2) is 8.98. The van der Waals surface area contributed by atoms with Crippen LogP contribution in [-0.4, -0.2) is 58.2 Å². The number of hydrogen-bond donors (Lipinski definition) is 1. The zero-order valence-corrected chi connectivity index (χ0v) is 19.3. The van der Waals surface area contributed by atoms with Gasteiger partial charge < -0.3 is 19.4 Å². The van der Waals surface area contributed by atoms with Crippen LogP contribution in [0.25, 0.3) is 10.9 Å². The number of piperazine rings is 1. The summed E-state index contributed by atoms with van der Waals surface area (Å²) in [4.78, 5) is 46.3. The van der Waals surface area contributed by atoms with Gasteiger partial charge in [0, 0.05) is 32.7 Å². The highest BCUT2D eigenvalue weighted by Gasteiger charge is 2.33. The van der Waals surface area contributed by atoms with Crippen LogP contribution in [0, 0.1) is 5.92 Å². The number of amides is 1. The number of H-pyrrole nitrogens is 1. The molecule has 0 saturated carbocycles. The van der Waals surface area contributed by atoms with Crippen LogP contribution in [0.3, 0.4) is 0 Å². The van der Waals surface area contributed by atoms with Gasteiger partial charge in [-0.2, -0.15) is 0 Å². The highest BCUT2D eigenvalue weighted by molar-refractivity contribution is 5.82. The molecule has 0 aliphatic carbocycles. The summed E-state index contributed by atoms with van der Waals surface area (Å²) in [5.41, 5.74) is 0.601. The van der Waals surface area contributed by atoms with Gasteiger partial charge in [0.1, 0.15) is 6.04 Å². The van der Waals surface area contributed by atoms with Crippen molar-refractivity contribution in [3.05, 3.63) is 68.9 Å². The first-order valence-electron chi connectivity index (χ1n) is 11.6. The van der Waals surface area contributed by atoms with E-state index in [4.69, 9.17) is 9.47 Å². The van der Waals surface area contributed by atoms with Crippen molar-refractivity contribution >= 4 is 16.8 Å². The van der Waals surface area contributed by atoms with Gasteiger partial charge in [0.15, 0.2) is 11.5 Å². The summed E-state index contributed by atoms with van der Waals surface area (Å²) in [6, 6.07) is 11.9. The van der Waals surface area contributed by atoms with E-state index < -0.39 is 17.3 Å². The topological polar surface area (TPSA) is 96.9 Å². The number of carbonyl (C=O) groups excluding carboxylic acids is 1. The monoisotopic (exact) mass is 464 g/mol. The van der Waals surface area contributed by atoms with Crippen molar-refractivity contribution < 1.29 is 14.3 Å². The number of para-hydroxylation sites is 1. The van der Waals surface area contributed by atoms with Crippen molar-refractivity contribution in [3.63, 3.8) is 0 Å². The first kappa shape index (κ1) is 22.2. The molecule has 0 spiro atoms. The number of carbonyl (C=O) groups is 1. The minimum absolute atomic E-state index is 0.194. The molecule has 2 aliphatic heterocycles. The maximum Gasteiger partial charge on any atom is 0.329 e. The number of benzene rings is 2. The molecule has 0 radical (unpaired) electrons. The Morgan fingerprint density at radius 3 is 2.50 bits per heavy atom. The number of ether oxygens (including phenoxy) is 2. The molecule has 0 bridgehead atoms. The van der Waals surface area contributed by atoms with E-state index in [0.717, 1.165) is 28.2 Å². The van der Waals surface area contributed by atoms with E-state index in [0.29, 0.717) is 37.1 Å². The van der Waals surface area contributed by atoms with Gasteiger partial charge in [0.2, 0.25) is 12.7 Å². The Morgan fingerprint density at radius 1 is 1.00 bits per heavy atom. The van der Waals surface area contributed by atoms with Gasteiger partial charge in [-0.15, -0.1) is 0 Å². The third-order valence-electron chi connectivity index (χ3n) is 6.53. The van der Waals surface area contributed by atoms with E-state index in [2.05, 4.69) is 9.88 Å². The fourth-order valence-corrected chi connectivity index (χ4v) is 4.73. The molecule has 1 atom stereocenters. The Hall–Kier alpha value is -3.59. The zero-order chi connectivity index (χ0) is 23.8. The fraction of sp³-hybridized carbons (Fsp3) is 0.400. The second-order valence-electron chi connectivity index (χ2n) is 9.13. The Labute approximate surface area is 196 Å². The first-order chi connectivity index (χ1) is 16.4. The highest BCUT2D eigenvalue weighted by atomic mass is 16.7. The molecular formula is C25H28N4O5. The summed E-state index contributed by atoms with van der Waals surface area (Å²) >= 11 is 0. The molecule has 1 N–H and O–H groups in total. The summed E-state index contributed by atoms with van der Waals surface area (Å²) in [7, 11) is 0. The van der Waals surface area contributed by atoms with Crippen molar-refractivity contribution in [3.8, 4) is 11.5 Å². The predicted octanol–water partition coefficient (Wildman–Crippen LogP) is 1.96. The van der Waals surface area contributed by atoms with Gasteiger partial charge in [-0.1, -0.05) is 32.0 Å². The van der Waals surface area contributed by atoms with Crippen LogP contribution in [-0.2, 0) is 11.3 Å². The molecule has 1 fully saturated rings. The van der Waals surface area contributed by atoms with Crippen LogP contribution in [0.2, 0.25) is 0 Å². The Morgan fingerprint density at radius 2 is 1.74 bits per heavy atom. The van der Waals surface area contributed by atoms with Crippen LogP contribution in [0.4, 0.5) is 0 Å². The average molecular weight is 465 g/mol. The largest absolute Gasteiger partial charge is 0.454 e. The molecule has 1 unspecified atom stereocenters. The number of hydrogen-bond acceptors (Lipinski definition) is 6. The van der Waals surface area contributed by atoms with Gasteiger partial charge in [-0.3, -0.25) is 14.5 Å². The normalized spacial score (nSPS) is 16.9. The summed E-state index contributed by atoms with van der Waals surface area (Å²) < 4.78 is 11.9. The molecule has 5 rings (SSSR count). The molecule has 1 saturated heterocycles. The van der Waals surface area contributed by atoms with Crippen molar-refractivity contribution in [1.82, 2.24) is 19.4 Å². The molecule has 34 heavy (non-hydrogen) atoms. The van der Waals surface area contributed by atoms with Crippen LogP contribution in [0.5, 0.6) is 11.5 Å². The maximum atomic E-state index is 13.5. The van der Waals surface area contributed by atoms with Gasteiger partial charge in [-0.25, -0.2) is 9.36 Å². The molecule has 9 heteroatoms. The predicted molar refractivity (Wildman–Crippen MR) is 127 cm³/mol. The Balaban J connectivity index is 1.31. The smallest absolute Gasteiger partial charge is 0.329 e. The van der Waals surface area contributed by atoms with E-state index >= 15 is 0 Å². The summed E-state index contributed by atoms with van der Waals surface area (Å²) in [5.74, 6) is 1.11. The molecular weight excluding hydrogens is 436 g/mol. The van der Waals surface area contributed by atoms with E-state index in [1.807, 2.05) is 32.0 Å². The summed E-state index contributed by atoms with van der Waals surface area (Å²) in [6.07, 6.45) is 0. The van der Waals surface area contributed by atoms with Crippen molar-refractivity contribution in [2.45, 2.75) is 26.4 Å². The number of fused-ring (bicyclic) bond motifs is 2. The number of nitrogens with zero attached hydrogens (tertiary/aromatic N) is 3. The van der Waals surface area contributed by atoms with Crippen LogP contribution >= 0.6 is 0 Å². The first-order valence-corrected chi connectivity index (χ1v) is 11.6. The summed E-state index contributed by atoms with van der Waals surface area (Å²) in [6.45, 7) is 7.19. The summed E-state index contributed by atoms with van der Waals surface area (Å²) in [5, 5.41) is 0.397. The van der Waals surface area contributed by atoms with E-state index in [-0.39, 0.29) is 18.6 Å². The molecule has 3 aromatic rings. The maximum absolute atomic E-state index is 13.5. The molecule has 9 nitrogen and oxygen atoms in total. The van der Waals surface area contributed by atoms with Crippen molar-refractivity contribution in [2.75, 3.05) is 33.0 Å². The minimum Gasteiger partial charge on any atom is -0.454 e. The minimum atomic E-state index is -0.860. The van der Waals surface area contributed by atoms with Crippen LogP contribution in [0.15, 0.2) is 52.1 Å². The van der Waals surface area contributed by atoms with E-state index in [9.17, 15) is 14.4 Å².